The Morgan fingerprint density at radius 3 is 2.77 bits per heavy atom. The van der Waals surface area contributed by atoms with Crippen LogP contribution in [0.4, 0.5) is 5.13 Å². The quantitative estimate of drug-likeness (QED) is 0.623. The van der Waals surface area contributed by atoms with E-state index >= 15 is 0 Å². The van der Waals surface area contributed by atoms with E-state index in [1.54, 1.807) is 29.2 Å². The summed E-state index contributed by atoms with van der Waals surface area (Å²) in [6.07, 6.45) is 1.86. The second-order valence-corrected chi connectivity index (χ2v) is 6.77. The molecule has 6 heteroatoms. The molecule has 0 aliphatic heterocycles. The summed E-state index contributed by atoms with van der Waals surface area (Å²) >= 11 is 1.50. The molecule has 132 valence electrons. The van der Waals surface area contributed by atoms with Gasteiger partial charge in [-0.05, 0) is 30.7 Å². The summed E-state index contributed by atoms with van der Waals surface area (Å²) in [6, 6.07) is 16.8. The maximum atomic E-state index is 12.8. The van der Waals surface area contributed by atoms with Crippen molar-refractivity contribution in [3.05, 3.63) is 54.1 Å². The lowest BCUT2D eigenvalue weighted by molar-refractivity contribution is -0.120. The topological polar surface area (TPSA) is 66.2 Å². The van der Waals surface area contributed by atoms with Gasteiger partial charge in [-0.15, -0.1) is 0 Å². The normalized spacial score (nSPS) is 10.5. The predicted octanol–water partition coefficient (Wildman–Crippen LogP) is 4.38. The van der Waals surface area contributed by atoms with Gasteiger partial charge in [-0.25, -0.2) is 4.98 Å². The second kappa shape index (κ2) is 8.45. The molecule has 0 saturated heterocycles. The maximum absolute atomic E-state index is 12.8. The molecule has 0 unspecified atom stereocenters. The third-order valence-electron chi connectivity index (χ3n) is 3.91. The zero-order valence-corrected chi connectivity index (χ0v) is 15.3. The number of anilines is 1. The van der Waals surface area contributed by atoms with Crippen LogP contribution in [0.15, 0.2) is 48.5 Å². The molecule has 3 aromatic rings. The molecule has 3 rings (SSSR count). The number of hydrogen-bond donors (Lipinski definition) is 0. The van der Waals surface area contributed by atoms with Crippen molar-refractivity contribution in [2.24, 2.45) is 0 Å². The Bertz CT molecular complexity index is 912. The van der Waals surface area contributed by atoms with Gasteiger partial charge in [-0.2, -0.15) is 5.26 Å². The van der Waals surface area contributed by atoms with Crippen molar-refractivity contribution in [3.8, 4) is 11.8 Å². The summed E-state index contributed by atoms with van der Waals surface area (Å²) in [6.45, 7) is 2.55. The van der Waals surface area contributed by atoms with Crippen molar-refractivity contribution in [3.63, 3.8) is 0 Å². The van der Waals surface area contributed by atoms with Crippen molar-refractivity contribution < 1.29 is 9.53 Å². The monoisotopic (exact) mass is 365 g/mol. The van der Waals surface area contributed by atoms with Crippen LogP contribution in [0, 0.1) is 11.3 Å². The third kappa shape index (κ3) is 4.01. The van der Waals surface area contributed by atoms with Gasteiger partial charge >= 0.3 is 0 Å². The van der Waals surface area contributed by atoms with Crippen molar-refractivity contribution in [2.45, 2.75) is 19.8 Å². The summed E-state index contributed by atoms with van der Waals surface area (Å²) < 4.78 is 6.66. The average Bonchev–Trinajstić information content (AvgIpc) is 3.10. The molecule has 1 amide bonds. The van der Waals surface area contributed by atoms with Gasteiger partial charge < -0.3 is 4.74 Å². The van der Waals surface area contributed by atoms with E-state index in [1.165, 1.54) is 11.3 Å². The van der Waals surface area contributed by atoms with Crippen LogP contribution < -0.4 is 9.64 Å². The Hall–Kier alpha value is -2.91. The summed E-state index contributed by atoms with van der Waals surface area (Å²) in [5.74, 6) is 0.258. The fourth-order valence-electron chi connectivity index (χ4n) is 2.52. The van der Waals surface area contributed by atoms with E-state index in [-0.39, 0.29) is 12.5 Å². The largest absolute Gasteiger partial charge is 0.482 e. The molecule has 0 radical (unpaired) electrons. The molecular formula is C20H19N3O2S. The Morgan fingerprint density at radius 2 is 2.00 bits per heavy atom. The van der Waals surface area contributed by atoms with Crippen LogP contribution in [-0.4, -0.2) is 24.0 Å². The van der Waals surface area contributed by atoms with Crippen molar-refractivity contribution >= 4 is 32.6 Å². The van der Waals surface area contributed by atoms with E-state index < -0.39 is 0 Å². The molecule has 0 bridgehead atoms. The van der Waals surface area contributed by atoms with Crippen LogP contribution in [0.3, 0.4) is 0 Å². The van der Waals surface area contributed by atoms with Gasteiger partial charge in [-0.1, -0.05) is 48.9 Å². The van der Waals surface area contributed by atoms with Gasteiger partial charge in [-0.3, -0.25) is 9.69 Å². The predicted molar refractivity (Wildman–Crippen MR) is 104 cm³/mol. The van der Waals surface area contributed by atoms with Gasteiger partial charge in [0.2, 0.25) is 0 Å². The van der Waals surface area contributed by atoms with E-state index in [9.17, 15) is 4.79 Å². The average molecular weight is 365 g/mol. The first-order valence-electron chi connectivity index (χ1n) is 8.50. The molecule has 2 aromatic carbocycles. The first-order valence-corrected chi connectivity index (χ1v) is 9.32. The molecule has 5 nitrogen and oxygen atoms in total. The van der Waals surface area contributed by atoms with Crippen molar-refractivity contribution in [1.82, 2.24) is 4.98 Å². The van der Waals surface area contributed by atoms with E-state index in [0.717, 1.165) is 23.1 Å². The number of benzene rings is 2. The van der Waals surface area contributed by atoms with E-state index in [0.29, 0.717) is 23.0 Å². The fourth-order valence-corrected chi connectivity index (χ4v) is 3.53. The number of carbonyl (C=O) groups excluding carboxylic acids is 1. The molecule has 26 heavy (non-hydrogen) atoms. The highest BCUT2D eigenvalue weighted by molar-refractivity contribution is 7.22. The number of fused-ring (bicyclic) bond motifs is 1. The smallest absolute Gasteiger partial charge is 0.266 e. The minimum atomic E-state index is -0.162. The minimum Gasteiger partial charge on any atom is -0.482 e. The van der Waals surface area contributed by atoms with Gasteiger partial charge in [0.05, 0.1) is 15.8 Å². The number of rotatable bonds is 7. The number of nitrogens with zero attached hydrogens (tertiary/aromatic N) is 3. The first kappa shape index (κ1) is 17.9. The van der Waals surface area contributed by atoms with Gasteiger partial charge in [0.25, 0.3) is 5.91 Å². The van der Waals surface area contributed by atoms with E-state index in [2.05, 4.69) is 18.0 Å². The molecular weight excluding hydrogens is 346 g/mol. The SMILES string of the molecule is CCCCN(C(=O)COc1ccccc1C#N)c1nc2ccccc2s1. The van der Waals surface area contributed by atoms with Crippen LogP contribution >= 0.6 is 11.3 Å². The van der Waals surface area contributed by atoms with Crippen molar-refractivity contribution in [2.75, 3.05) is 18.1 Å². The lowest BCUT2D eigenvalue weighted by Gasteiger charge is -2.20. The Labute approximate surface area is 156 Å². The molecule has 0 atom stereocenters. The molecule has 0 aliphatic carbocycles. The van der Waals surface area contributed by atoms with Crippen molar-refractivity contribution in [1.29, 1.82) is 5.26 Å². The van der Waals surface area contributed by atoms with Crippen LogP contribution in [0.1, 0.15) is 25.3 Å². The summed E-state index contributed by atoms with van der Waals surface area (Å²) in [5.41, 5.74) is 1.30. The van der Waals surface area contributed by atoms with Crippen LogP contribution in [0.25, 0.3) is 10.2 Å². The number of nitriles is 1. The number of carbonyl (C=O) groups is 1. The number of thiazole rings is 1. The highest BCUT2D eigenvalue weighted by Gasteiger charge is 2.20. The molecule has 0 N–H and O–H groups in total. The molecule has 0 spiro atoms. The van der Waals surface area contributed by atoms with Gasteiger partial charge in [0.1, 0.15) is 11.8 Å². The summed E-state index contributed by atoms with van der Waals surface area (Å²) in [7, 11) is 0. The zero-order valence-electron chi connectivity index (χ0n) is 14.5. The summed E-state index contributed by atoms with van der Waals surface area (Å²) in [4.78, 5) is 19.1. The Kier molecular flexibility index (Phi) is 5.82. The minimum absolute atomic E-state index is 0.127. The highest BCUT2D eigenvalue weighted by Crippen LogP contribution is 2.29. The van der Waals surface area contributed by atoms with E-state index in [1.807, 2.05) is 24.3 Å². The lowest BCUT2D eigenvalue weighted by Crippen LogP contribution is -2.35. The number of para-hydroxylation sites is 2. The van der Waals surface area contributed by atoms with Gasteiger partial charge in [0.15, 0.2) is 11.7 Å². The molecule has 0 aliphatic rings. The fraction of sp³-hybridized carbons (Fsp3) is 0.250. The zero-order chi connectivity index (χ0) is 18.4. The third-order valence-corrected chi connectivity index (χ3v) is 4.97. The highest BCUT2D eigenvalue weighted by atomic mass is 32.1. The number of hydrogen-bond acceptors (Lipinski definition) is 5. The Balaban J connectivity index is 1.78. The van der Waals surface area contributed by atoms with Gasteiger partial charge in [0, 0.05) is 6.54 Å². The first-order chi connectivity index (χ1) is 12.7. The van der Waals surface area contributed by atoms with Crippen LogP contribution in [-0.2, 0) is 4.79 Å². The molecule has 0 fully saturated rings. The lowest BCUT2D eigenvalue weighted by atomic mass is 10.2. The van der Waals surface area contributed by atoms with E-state index in [4.69, 9.17) is 10.00 Å². The van der Waals surface area contributed by atoms with Crippen LogP contribution in [0.2, 0.25) is 0 Å². The molecule has 1 heterocycles. The number of amides is 1. The van der Waals surface area contributed by atoms with Crippen LogP contribution in [0.5, 0.6) is 5.75 Å². The molecule has 0 saturated carbocycles. The Morgan fingerprint density at radius 1 is 1.23 bits per heavy atom. The summed E-state index contributed by atoms with van der Waals surface area (Å²) in [5, 5.41) is 9.82. The second-order valence-electron chi connectivity index (χ2n) is 5.76. The number of ether oxygens (including phenoxy) is 1. The maximum Gasteiger partial charge on any atom is 0.266 e. The number of aromatic nitrogens is 1. The molecule has 1 aromatic heterocycles. The standard InChI is InChI=1S/C20H19N3O2S/c1-2-3-12-23(20-22-16-9-5-7-11-18(16)26-20)19(24)14-25-17-10-6-4-8-15(17)13-21/h4-11H,2-3,12,14H2,1H3. The number of unbranched alkanes of at least 4 members (excludes halogenated alkanes) is 1.